The molecule has 2 N–H and O–H groups in total. The average Bonchev–Trinajstić information content (AvgIpc) is 3.00. The maximum atomic E-state index is 12.0. The van der Waals surface area contributed by atoms with Crippen LogP contribution in [-0.4, -0.2) is 62.2 Å². The summed E-state index contributed by atoms with van der Waals surface area (Å²) in [5.74, 6) is 1.26. The Hall–Kier alpha value is -4.12. The number of phenolic OH excluding ortho intramolecular Hbond substituents is 1. The van der Waals surface area contributed by atoms with Gasteiger partial charge in [-0.2, -0.15) is 5.06 Å². The van der Waals surface area contributed by atoms with E-state index in [-0.39, 0.29) is 17.1 Å². The number of carboxylic acid groups (broad SMARTS) is 1. The van der Waals surface area contributed by atoms with Crippen molar-refractivity contribution in [3.05, 3.63) is 78.9 Å². The number of nitrogens with zero attached hydrogens (tertiary/aromatic N) is 1. The standard InChI is InChI=1S/C34H39NO8S/c1-3-35(42-22-7-5-4-6-8-33(37)38)21-23-41-28-13-15-29(16-14-28)43-34-31(19-11-26-24-27(36)12-20-32(26)34)25-9-17-30(18-10-25)44(2,39)40/h9-20,24,36H,3-8,21-23H2,1-2H3,(H,37,38). The van der Waals surface area contributed by atoms with Crippen LogP contribution in [0.15, 0.2) is 83.8 Å². The molecule has 0 unspecified atom stereocenters. The highest BCUT2D eigenvalue weighted by atomic mass is 32.2. The molecule has 4 aromatic rings. The Morgan fingerprint density at radius 2 is 1.55 bits per heavy atom. The molecule has 0 aliphatic heterocycles. The third-order valence-corrected chi connectivity index (χ3v) is 8.24. The van der Waals surface area contributed by atoms with Crippen molar-refractivity contribution in [2.45, 2.75) is 43.9 Å². The SMILES string of the molecule is CCN(CCOc1ccc(Oc2c(-c3ccc(S(C)(=O)=O)cc3)ccc3cc(O)ccc23)cc1)OCCCCCCC(=O)O. The fourth-order valence-corrected chi connectivity index (χ4v) is 5.36. The Kier molecular flexibility index (Phi) is 11.6. The number of hydrogen-bond donors (Lipinski definition) is 2. The van der Waals surface area contributed by atoms with Gasteiger partial charge in [-0.1, -0.05) is 38.0 Å². The van der Waals surface area contributed by atoms with E-state index in [2.05, 4.69) is 0 Å². The summed E-state index contributed by atoms with van der Waals surface area (Å²) < 4.78 is 36.2. The van der Waals surface area contributed by atoms with Gasteiger partial charge in [-0.25, -0.2) is 8.42 Å². The highest BCUT2D eigenvalue weighted by molar-refractivity contribution is 7.90. The second kappa shape index (κ2) is 15.6. The fourth-order valence-electron chi connectivity index (χ4n) is 4.73. The van der Waals surface area contributed by atoms with Crippen molar-refractivity contribution in [2.24, 2.45) is 0 Å². The molecule has 0 saturated carbocycles. The molecule has 9 nitrogen and oxygen atoms in total. The number of rotatable bonds is 17. The van der Waals surface area contributed by atoms with Crippen molar-refractivity contribution >= 4 is 26.6 Å². The number of likely N-dealkylation sites (N-methyl/N-ethyl adjacent to an activating group) is 1. The predicted octanol–water partition coefficient (Wildman–Crippen LogP) is 7.08. The van der Waals surface area contributed by atoms with Crippen molar-refractivity contribution in [1.29, 1.82) is 0 Å². The Bertz CT molecular complexity index is 1640. The first-order valence-electron chi connectivity index (χ1n) is 14.7. The van der Waals surface area contributed by atoms with Gasteiger partial charge in [0.25, 0.3) is 0 Å². The molecule has 0 radical (unpaired) electrons. The maximum absolute atomic E-state index is 12.0. The molecule has 0 atom stereocenters. The fraction of sp³-hybridized carbons (Fsp3) is 0.324. The number of aliphatic carboxylic acids is 1. The van der Waals surface area contributed by atoms with Crippen LogP contribution in [0.5, 0.6) is 23.0 Å². The van der Waals surface area contributed by atoms with Crippen LogP contribution in [0.4, 0.5) is 0 Å². The third kappa shape index (κ3) is 9.44. The van der Waals surface area contributed by atoms with Gasteiger partial charge in [0.1, 0.15) is 29.6 Å². The van der Waals surface area contributed by atoms with E-state index in [1.807, 2.05) is 48.4 Å². The number of aromatic hydroxyl groups is 1. The van der Waals surface area contributed by atoms with Crippen LogP contribution in [-0.2, 0) is 19.5 Å². The summed E-state index contributed by atoms with van der Waals surface area (Å²) in [7, 11) is -3.32. The lowest BCUT2D eigenvalue weighted by atomic mass is 9.99. The number of ether oxygens (including phenoxy) is 2. The minimum atomic E-state index is -3.32. The van der Waals surface area contributed by atoms with Gasteiger partial charge >= 0.3 is 5.97 Å². The summed E-state index contributed by atoms with van der Waals surface area (Å²) in [6, 6.07) is 22.9. The lowest BCUT2D eigenvalue weighted by Crippen LogP contribution is -2.29. The van der Waals surface area contributed by atoms with Gasteiger partial charge < -0.3 is 19.7 Å². The summed E-state index contributed by atoms with van der Waals surface area (Å²) in [5.41, 5.74) is 1.58. The number of hydrogen-bond acceptors (Lipinski definition) is 8. The number of carboxylic acids is 1. The van der Waals surface area contributed by atoms with Crippen LogP contribution in [0.3, 0.4) is 0 Å². The lowest BCUT2D eigenvalue weighted by molar-refractivity contribution is -0.160. The molecule has 0 heterocycles. The average molecular weight is 622 g/mol. The molecule has 0 aromatic heterocycles. The number of hydroxylamine groups is 2. The Morgan fingerprint density at radius 1 is 0.841 bits per heavy atom. The number of benzene rings is 4. The second-order valence-corrected chi connectivity index (χ2v) is 12.5. The first-order chi connectivity index (χ1) is 21.1. The third-order valence-electron chi connectivity index (χ3n) is 7.11. The quantitative estimate of drug-likeness (QED) is 0.0941. The van der Waals surface area contributed by atoms with E-state index in [4.69, 9.17) is 19.4 Å². The zero-order valence-corrected chi connectivity index (χ0v) is 25.9. The van der Waals surface area contributed by atoms with E-state index >= 15 is 0 Å². The van der Waals surface area contributed by atoms with Crippen molar-refractivity contribution in [3.8, 4) is 34.1 Å². The van der Waals surface area contributed by atoms with Crippen molar-refractivity contribution in [1.82, 2.24) is 5.06 Å². The lowest BCUT2D eigenvalue weighted by Gasteiger charge is -2.20. The van der Waals surface area contributed by atoms with Crippen LogP contribution in [0.25, 0.3) is 21.9 Å². The molecule has 4 rings (SSSR count). The Morgan fingerprint density at radius 3 is 2.23 bits per heavy atom. The number of carbonyl (C=O) groups is 1. The first kappa shape index (κ1) is 32.8. The van der Waals surface area contributed by atoms with E-state index in [1.165, 1.54) is 6.26 Å². The summed E-state index contributed by atoms with van der Waals surface area (Å²) >= 11 is 0. The molecule has 10 heteroatoms. The van der Waals surface area contributed by atoms with E-state index in [0.29, 0.717) is 43.4 Å². The molecular formula is C34H39NO8S. The monoisotopic (exact) mass is 621 g/mol. The molecule has 234 valence electrons. The van der Waals surface area contributed by atoms with Gasteiger partial charge in [-0.15, -0.1) is 0 Å². The molecular weight excluding hydrogens is 582 g/mol. The molecule has 0 bridgehead atoms. The molecule has 0 amide bonds. The summed E-state index contributed by atoms with van der Waals surface area (Å²) in [4.78, 5) is 16.7. The number of phenols is 1. The minimum absolute atomic E-state index is 0.148. The summed E-state index contributed by atoms with van der Waals surface area (Å²) in [5, 5.41) is 22.2. The highest BCUT2D eigenvalue weighted by Crippen LogP contribution is 2.41. The molecule has 0 saturated heterocycles. The summed E-state index contributed by atoms with van der Waals surface area (Å²) in [6.45, 7) is 4.36. The molecule has 0 aliphatic carbocycles. The zero-order valence-electron chi connectivity index (χ0n) is 25.1. The van der Waals surface area contributed by atoms with Gasteiger partial charge in [0.05, 0.1) is 18.0 Å². The topological polar surface area (TPSA) is 123 Å². The van der Waals surface area contributed by atoms with E-state index < -0.39 is 15.8 Å². The van der Waals surface area contributed by atoms with Crippen LogP contribution < -0.4 is 9.47 Å². The van der Waals surface area contributed by atoms with E-state index in [0.717, 1.165) is 47.7 Å². The Labute approximate surface area is 258 Å². The molecule has 4 aromatic carbocycles. The minimum Gasteiger partial charge on any atom is -0.508 e. The Balaban J connectivity index is 1.38. The molecule has 44 heavy (non-hydrogen) atoms. The van der Waals surface area contributed by atoms with Gasteiger partial charge in [-0.3, -0.25) is 9.63 Å². The number of sulfone groups is 1. The number of fused-ring (bicyclic) bond motifs is 1. The van der Waals surface area contributed by atoms with Crippen molar-refractivity contribution < 1.29 is 37.7 Å². The van der Waals surface area contributed by atoms with E-state index in [1.54, 1.807) is 42.5 Å². The second-order valence-electron chi connectivity index (χ2n) is 10.5. The highest BCUT2D eigenvalue weighted by Gasteiger charge is 2.15. The van der Waals surface area contributed by atoms with Crippen LogP contribution >= 0.6 is 0 Å². The van der Waals surface area contributed by atoms with Crippen molar-refractivity contribution in [2.75, 3.05) is 32.6 Å². The van der Waals surface area contributed by atoms with Gasteiger partial charge in [0.2, 0.25) is 0 Å². The van der Waals surface area contributed by atoms with Crippen LogP contribution in [0, 0.1) is 0 Å². The largest absolute Gasteiger partial charge is 0.508 e. The van der Waals surface area contributed by atoms with Crippen LogP contribution in [0.1, 0.15) is 39.0 Å². The predicted molar refractivity (Wildman–Crippen MR) is 170 cm³/mol. The number of unbranched alkanes of at least 4 members (excludes halogenated alkanes) is 3. The smallest absolute Gasteiger partial charge is 0.303 e. The summed E-state index contributed by atoms with van der Waals surface area (Å²) in [6.07, 6.45) is 4.79. The zero-order chi connectivity index (χ0) is 31.5. The molecule has 0 aliphatic rings. The first-order valence-corrected chi connectivity index (χ1v) is 16.6. The maximum Gasteiger partial charge on any atom is 0.303 e. The van der Waals surface area contributed by atoms with E-state index in [9.17, 15) is 18.3 Å². The van der Waals surface area contributed by atoms with Crippen LogP contribution in [0.2, 0.25) is 0 Å². The normalized spacial score (nSPS) is 11.6. The van der Waals surface area contributed by atoms with Gasteiger partial charge in [0.15, 0.2) is 9.84 Å². The molecule has 0 spiro atoms. The van der Waals surface area contributed by atoms with Gasteiger partial charge in [0, 0.05) is 30.2 Å². The molecule has 0 fully saturated rings. The van der Waals surface area contributed by atoms with Gasteiger partial charge in [-0.05, 0) is 84.5 Å². The van der Waals surface area contributed by atoms with Crippen molar-refractivity contribution in [3.63, 3.8) is 0 Å².